The topological polar surface area (TPSA) is 58.5 Å². The molecule has 152 valence electrons. The van der Waals surface area contributed by atoms with Gasteiger partial charge in [-0.15, -0.1) is 0 Å². The Morgan fingerprint density at radius 1 is 0.963 bits per heavy atom. The molecule has 0 aliphatic heterocycles. The molecule has 27 heavy (non-hydrogen) atoms. The fraction of sp³-hybridized carbons (Fsp3) is 0.526. The molecule has 0 saturated heterocycles. The Morgan fingerprint density at radius 2 is 1.59 bits per heavy atom. The van der Waals surface area contributed by atoms with Gasteiger partial charge in [-0.1, -0.05) is 5.16 Å². The van der Waals surface area contributed by atoms with Crippen LogP contribution in [0.25, 0.3) is 0 Å². The molecule has 0 bridgehead atoms. The second-order valence-corrected chi connectivity index (χ2v) is 8.52. The highest BCUT2D eigenvalue weighted by Crippen LogP contribution is 2.41. The predicted octanol–water partition coefficient (Wildman–Crippen LogP) is 5.68. The Kier molecular flexibility index (Phi) is 12.0. The molecule has 0 heterocycles. The highest BCUT2D eigenvalue weighted by molar-refractivity contribution is 9.28. The van der Waals surface area contributed by atoms with Crippen molar-refractivity contribution in [3.63, 3.8) is 0 Å². The summed E-state index contributed by atoms with van der Waals surface area (Å²) in [7, 11) is 3.18. The summed E-state index contributed by atoms with van der Waals surface area (Å²) in [6, 6.07) is 3.57. The minimum Gasteiger partial charge on any atom is -0.493 e. The van der Waals surface area contributed by atoms with Gasteiger partial charge in [-0.25, -0.2) is 0 Å². The van der Waals surface area contributed by atoms with E-state index in [1.165, 1.54) is 0 Å². The highest BCUT2D eigenvalue weighted by Gasteiger charge is 2.15. The van der Waals surface area contributed by atoms with Crippen LogP contribution in [0.3, 0.4) is 0 Å². The molecule has 0 N–H and O–H groups in total. The number of unbranched alkanes of at least 4 members (excludes halogenated alkanes) is 2. The molecule has 6 nitrogen and oxygen atoms in total. The monoisotopic (exact) mass is 507 g/mol. The standard InChI is InChI=1S/C19H27Br2NO5/c1-14(2)22-27-10-7-5-6-9-26-19-16(23-3)12-15(13-17(19)24-4)25-11-8-18(20)21/h8,12-13H,5-7,9-11H2,1-4H3. The van der Waals surface area contributed by atoms with Gasteiger partial charge in [-0.2, -0.15) is 0 Å². The van der Waals surface area contributed by atoms with Gasteiger partial charge in [0.2, 0.25) is 5.75 Å². The van der Waals surface area contributed by atoms with Crippen molar-refractivity contribution in [3.8, 4) is 23.0 Å². The number of benzene rings is 1. The van der Waals surface area contributed by atoms with Gasteiger partial charge >= 0.3 is 0 Å². The lowest BCUT2D eigenvalue weighted by Crippen LogP contribution is -2.03. The van der Waals surface area contributed by atoms with Crippen molar-refractivity contribution >= 4 is 37.6 Å². The maximum atomic E-state index is 5.89. The van der Waals surface area contributed by atoms with Gasteiger partial charge in [0, 0.05) is 12.1 Å². The summed E-state index contributed by atoms with van der Waals surface area (Å²) in [4.78, 5) is 5.18. The quantitative estimate of drug-likeness (QED) is 0.195. The van der Waals surface area contributed by atoms with Crippen molar-refractivity contribution in [2.24, 2.45) is 5.16 Å². The third kappa shape index (κ3) is 9.91. The first-order valence-corrected chi connectivity index (χ1v) is 10.2. The molecule has 0 atom stereocenters. The van der Waals surface area contributed by atoms with Crippen molar-refractivity contribution in [2.45, 2.75) is 33.1 Å². The zero-order valence-electron chi connectivity index (χ0n) is 16.2. The van der Waals surface area contributed by atoms with Crippen LogP contribution >= 0.6 is 31.9 Å². The number of hydrogen-bond acceptors (Lipinski definition) is 6. The number of methoxy groups -OCH3 is 2. The van der Waals surface area contributed by atoms with E-state index in [0.717, 1.165) is 28.4 Å². The van der Waals surface area contributed by atoms with Gasteiger partial charge in [0.15, 0.2) is 11.5 Å². The molecule has 0 aromatic heterocycles. The SMILES string of the molecule is COc1cc(OCC=C(Br)Br)cc(OC)c1OCCCCCON=C(C)C. The Balaban J connectivity index is 2.55. The van der Waals surface area contributed by atoms with Gasteiger partial charge in [0.25, 0.3) is 0 Å². The van der Waals surface area contributed by atoms with E-state index in [9.17, 15) is 0 Å². The summed E-state index contributed by atoms with van der Waals surface area (Å²) in [5, 5.41) is 3.91. The first kappa shape index (κ1) is 23.6. The molecule has 0 spiro atoms. The van der Waals surface area contributed by atoms with Crippen LogP contribution in [0.1, 0.15) is 33.1 Å². The Morgan fingerprint density at radius 3 is 2.15 bits per heavy atom. The van der Waals surface area contributed by atoms with Crippen LogP contribution < -0.4 is 18.9 Å². The fourth-order valence-electron chi connectivity index (χ4n) is 2.08. The third-order valence-corrected chi connectivity index (χ3v) is 3.94. The summed E-state index contributed by atoms with van der Waals surface area (Å²) in [6.45, 7) is 5.39. The minimum absolute atomic E-state index is 0.405. The summed E-state index contributed by atoms with van der Waals surface area (Å²) in [5.74, 6) is 2.36. The summed E-state index contributed by atoms with van der Waals surface area (Å²) < 4.78 is 23.3. The van der Waals surface area contributed by atoms with E-state index in [1.807, 2.05) is 19.9 Å². The van der Waals surface area contributed by atoms with E-state index >= 15 is 0 Å². The van der Waals surface area contributed by atoms with E-state index in [2.05, 4.69) is 37.0 Å². The number of nitrogens with zero attached hydrogens (tertiary/aromatic N) is 1. The molecule has 8 heteroatoms. The average molecular weight is 509 g/mol. The van der Waals surface area contributed by atoms with Gasteiger partial charge in [-0.05, 0) is 71.0 Å². The molecule has 0 aliphatic rings. The molecule has 1 aromatic carbocycles. The van der Waals surface area contributed by atoms with Crippen LogP contribution in [0.4, 0.5) is 0 Å². The molecule has 0 amide bonds. The fourth-order valence-corrected chi connectivity index (χ4v) is 2.34. The van der Waals surface area contributed by atoms with Crippen LogP contribution in [0.5, 0.6) is 23.0 Å². The van der Waals surface area contributed by atoms with E-state index in [4.69, 9.17) is 23.8 Å². The lowest BCUT2D eigenvalue weighted by molar-refractivity contribution is 0.138. The van der Waals surface area contributed by atoms with Gasteiger partial charge < -0.3 is 23.8 Å². The van der Waals surface area contributed by atoms with E-state index in [-0.39, 0.29) is 0 Å². The van der Waals surface area contributed by atoms with Gasteiger partial charge in [-0.3, -0.25) is 0 Å². The number of halogens is 2. The minimum atomic E-state index is 0.405. The number of hydrogen-bond donors (Lipinski definition) is 0. The van der Waals surface area contributed by atoms with Gasteiger partial charge in [0.05, 0.1) is 29.9 Å². The molecule has 0 unspecified atom stereocenters. The van der Waals surface area contributed by atoms with Crippen LogP contribution in [-0.4, -0.2) is 39.8 Å². The smallest absolute Gasteiger partial charge is 0.203 e. The summed E-state index contributed by atoms with van der Waals surface area (Å²) in [5.41, 5.74) is 0.917. The number of rotatable bonds is 13. The van der Waals surface area contributed by atoms with Crippen LogP contribution in [-0.2, 0) is 4.84 Å². The molecule has 0 radical (unpaired) electrons. The Bertz CT molecular complexity index is 602. The van der Waals surface area contributed by atoms with Crippen molar-refractivity contribution in [1.29, 1.82) is 0 Å². The second-order valence-electron chi connectivity index (χ2n) is 5.74. The number of ether oxygens (including phenoxy) is 4. The normalized spacial score (nSPS) is 10.0. The molecular weight excluding hydrogens is 482 g/mol. The van der Waals surface area contributed by atoms with Crippen molar-refractivity contribution in [2.75, 3.05) is 34.0 Å². The molecule has 1 rings (SSSR count). The Labute approximate surface area is 178 Å². The van der Waals surface area contributed by atoms with Crippen molar-refractivity contribution < 1.29 is 23.8 Å². The molecular formula is C19H27Br2NO5. The van der Waals surface area contributed by atoms with Crippen LogP contribution in [0, 0.1) is 0 Å². The predicted molar refractivity (Wildman–Crippen MR) is 115 cm³/mol. The molecule has 0 aliphatic carbocycles. The molecule has 1 aromatic rings. The zero-order chi connectivity index (χ0) is 20.1. The molecule has 0 fully saturated rings. The average Bonchev–Trinajstić information content (AvgIpc) is 2.63. The summed E-state index contributed by atoms with van der Waals surface area (Å²) in [6.07, 6.45) is 4.66. The first-order valence-electron chi connectivity index (χ1n) is 8.63. The maximum Gasteiger partial charge on any atom is 0.203 e. The van der Waals surface area contributed by atoms with E-state index in [1.54, 1.807) is 26.4 Å². The lowest BCUT2D eigenvalue weighted by atomic mass is 10.2. The zero-order valence-corrected chi connectivity index (χ0v) is 19.4. The maximum absolute atomic E-state index is 5.89. The van der Waals surface area contributed by atoms with Gasteiger partial charge in [0.1, 0.15) is 19.0 Å². The van der Waals surface area contributed by atoms with Crippen molar-refractivity contribution in [3.05, 3.63) is 21.6 Å². The van der Waals surface area contributed by atoms with Crippen LogP contribution in [0.2, 0.25) is 0 Å². The van der Waals surface area contributed by atoms with E-state index in [0.29, 0.717) is 42.8 Å². The largest absolute Gasteiger partial charge is 0.493 e. The highest BCUT2D eigenvalue weighted by atomic mass is 79.9. The summed E-state index contributed by atoms with van der Waals surface area (Å²) >= 11 is 6.58. The third-order valence-electron chi connectivity index (χ3n) is 3.30. The number of oxime groups is 1. The second kappa shape index (κ2) is 13.7. The van der Waals surface area contributed by atoms with Crippen molar-refractivity contribution in [1.82, 2.24) is 0 Å². The first-order chi connectivity index (χ1) is 13.0. The molecule has 0 saturated carbocycles. The Hall–Kier alpha value is -1.41. The van der Waals surface area contributed by atoms with Crippen LogP contribution in [0.15, 0.2) is 26.8 Å². The lowest BCUT2D eigenvalue weighted by Gasteiger charge is -2.16. The van der Waals surface area contributed by atoms with E-state index < -0.39 is 0 Å².